The zero-order valence-electron chi connectivity index (χ0n) is 12.3. The quantitative estimate of drug-likeness (QED) is 0.529. The zero-order chi connectivity index (χ0) is 15.5. The first-order valence-electron chi connectivity index (χ1n) is 7.07. The molecule has 4 heteroatoms. The van der Waals surface area contributed by atoms with Crippen LogP contribution >= 0.6 is 0 Å². The second-order valence-electron chi connectivity index (χ2n) is 5.31. The summed E-state index contributed by atoms with van der Waals surface area (Å²) in [5, 5.41) is 13.1. The van der Waals surface area contributed by atoms with E-state index in [2.05, 4.69) is 35.2 Å². The number of anilines is 1. The molecule has 4 nitrogen and oxygen atoms in total. The summed E-state index contributed by atoms with van der Waals surface area (Å²) in [5.74, 6) is 0. The van der Waals surface area contributed by atoms with Gasteiger partial charge in [0.05, 0.1) is 4.92 Å². The van der Waals surface area contributed by atoms with Crippen LogP contribution < -0.4 is 4.90 Å². The third kappa shape index (κ3) is 2.91. The first-order valence-corrected chi connectivity index (χ1v) is 7.07. The summed E-state index contributed by atoms with van der Waals surface area (Å²) in [4.78, 5) is 12.4. The van der Waals surface area contributed by atoms with Crippen molar-refractivity contribution in [2.45, 2.75) is 6.54 Å². The fourth-order valence-corrected chi connectivity index (χ4v) is 2.50. The van der Waals surface area contributed by atoms with Gasteiger partial charge in [0.15, 0.2) is 0 Å². The number of nitrogens with zero attached hydrogens (tertiary/aromatic N) is 2. The van der Waals surface area contributed by atoms with Gasteiger partial charge >= 0.3 is 0 Å². The molecule has 0 amide bonds. The molecule has 110 valence electrons. The van der Waals surface area contributed by atoms with Crippen LogP contribution in [0.1, 0.15) is 5.56 Å². The molecule has 0 aliphatic carbocycles. The molecule has 0 fully saturated rings. The Morgan fingerprint density at radius 3 is 2.32 bits per heavy atom. The lowest BCUT2D eigenvalue weighted by Crippen LogP contribution is -2.16. The van der Waals surface area contributed by atoms with Gasteiger partial charge in [0.2, 0.25) is 0 Å². The van der Waals surface area contributed by atoms with Crippen molar-refractivity contribution in [3.05, 3.63) is 82.4 Å². The molecule has 0 saturated carbocycles. The molecular formula is C18H16N2O2. The van der Waals surface area contributed by atoms with Gasteiger partial charge in [0, 0.05) is 31.4 Å². The molecule has 3 aromatic carbocycles. The Labute approximate surface area is 128 Å². The van der Waals surface area contributed by atoms with E-state index >= 15 is 0 Å². The molecule has 22 heavy (non-hydrogen) atoms. The Kier molecular flexibility index (Phi) is 3.74. The van der Waals surface area contributed by atoms with E-state index in [0.29, 0.717) is 6.54 Å². The van der Waals surface area contributed by atoms with Crippen LogP contribution in [0.5, 0.6) is 0 Å². The SMILES string of the molecule is CN(Cc1ccc([N+](=O)[O-])cc1)c1ccc2ccccc2c1. The largest absolute Gasteiger partial charge is 0.370 e. The zero-order valence-corrected chi connectivity index (χ0v) is 12.3. The van der Waals surface area contributed by atoms with Gasteiger partial charge in [-0.2, -0.15) is 0 Å². The van der Waals surface area contributed by atoms with Crippen LogP contribution in [-0.2, 0) is 6.54 Å². The highest BCUT2D eigenvalue weighted by molar-refractivity contribution is 5.85. The summed E-state index contributed by atoms with van der Waals surface area (Å²) in [5.41, 5.74) is 2.29. The second kappa shape index (κ2) is 5.85. The highest BCUT2D eigenvalue weighted by Gasteiger charge is 2.07. The molecule has 0 unspecified atom stereocenters. The predicted octanol–water partition coefficient (Wildman–Crippen LogP) is 4.38. The number of fused-ring (bicyclic) bond motifs is 1. The first-order chi connectivity index (χ1) is 10.6. The first kappa shape index (κ1) is 14.1. The topological polar surface area (TPSA) is 46.4 Å². The summed E-state index contributed by atoms with van der Waals surface area (Å²) in [6.07, 6.45) is 0. The standard InChI is InChI=1S/C18H16N2O2/c1-19(13-14-6-9-17(10-7-14)20(21)22)18-11-8-15-4-2-3-5-16(15)12-18/h2-12H,13H2,1H3. The van der Waals surface area contributed by atoms with Gasteiger partial charge < -0.3 is 4.90 Å². The van der Waals surface area contributed by atoms with Crippen molar-refractivity contribution in [1.82, 2.24) is 0 Å². The molecule has 0 atom stereocenters. The lowest BCUT2D eigenvalue weighted by molar-refractivity contribution is -0.384. The van der Waals surface area contributed by atoms with Crippen LogP contribution in [-0.4, -0.2) is 12.0 Å². The van der Waals surface area contributed by atoms with Gasteiger partial charge in [-0.3, -0.25) is 10.1 Å². The Bertz CT molecular complexity index is 813. The van der Waals surface area contributed by atoms with E-state index in [1.807, 2.05) is 19.2 Å². The Hall–Kier alpha value is -2.88. The maximum Gasteiger partial charge on any atom is 0.269 e. The fourth-order valence-electron chi connectivity index (χ4n) is 2.50. The van der Waals surface area contributed by atoms with Crippen LogP contribution in [0.2, 0.25) is 0 Å². The number of nitro benzene ring substituents is 1. The lowest BCUT2D eigenvalue weighted by Gasteiger charge is -2.20. The predicted molar refractivity (Wildman–Crippen MR) is 89.2 cm³/mol. The van der Waals surface area contributed by atoms with E-state index in [1.165, 1.54) is 10.8 Å². The van der Waals surface area contributed by atoms with E-state index in [4.69, 9.17) is 0 Å². The summed E-state index contributed by atoms with van der Waals surface area (Å²) in [6, 6.07) is 21.3. The van der Waals surface area contributed by atoms with Crippen molar-refractivity contribution in [1.29, 1.82) is 0 Å². The molecule has 0 aromatic heterocycles. The molecule has 3 rings (SSSR count). The van der Waals surface area contributed by atoms with Crippen molar-refractivity contribution in [2.75, 3.05) is 11.9 Å². The van der Waals surface area contributed by atoms with E-state index in [0.717, 1.165) is 11.3 Å². The van der Waals surface area contributed by atoms with Crippen molar-refractivity contribution < 1.29 is 4.92 Å². The minimum atomic E-state index is -0.378. The maximum atomic E-state index is 10.7. The highest BCUT2D eigenvalue weighted by atomic mass is 16.6. The van der Waals surface area contributed by atoms with E-state index in [1.54, 1.807) is 24.3 Å². The summed E-state index contributed by atoms with van der Waals surface area (Å²) < 4.78 is 0. The molecule has 0 spiro atoms. The molecule has 3 aromatic rings. The number of rotatable bonds is 4. The molecular weight excluding hydrogens is 276 g/mol. The van der Waals surface area contributed by atoms with E-state index in [-0.39, 0.29) is 10.6 Å². The van der Waals surface area contributed by atoms with Gasteiger partial charge in [0.1, 0.15) is 0 Å². The Balaban J connectivity index is 1.80. The fraction of sp³-hybridized carbons (Fsp3) is 0.111. The van der Waals surface area contributed by atoms with Crippen molar-refractivity contribution in [2.24, 2.45) is 0 Å². The number of hydrogen-bond acceptors (Lipinski definition) is 3. The highest BCUT2D eigenvalue weighted by Crippen LogP contribution is 2.23. The average molecular weight is 292 g/mol. The van der Waals surface area contributed by atoms with Crippen molar-refractivity contribution in [3.63, 3.8) is 0 Å². The molecule has 0 aliphatic rings. The summed E-state index contributed by atoms with van der Waals surface area (Å²) in [6.45, 7) is 0.705. The lowest BCUT2D eigenvalue weighted by atomic mass is 10.1. The average Bonchev–Trinajstić information content (AvgIpc) is 2.55. The number of benzene rings is 3. The molecule has 0 saturated heterocycles. The van der Waals surface area contributed by atoms with E-state index < -0.39 is 0 Å². The van der Waals surface area contributed by atoms with Crippen molar-refractivity contribution in [3.8, 4) is 0 Å². The second-order valence-corrected chi connectivity index (χ2v) is 5.31. The maximum absolute atomic E-state index is 10.7. The van der Waals surface area contributed by atoms with Gasteiger partial charge in [0.25, 0.3) is 5.69 Å². The third-order valence-electron chi connectivity index (χ3n) is 3.74. The monoisotopic (exact) mass is 292 g/mol. The number of nitro groups is 1. The molecule has 0 bridgehead atoms. The summed E-state index contributed by atoms with van der Waals surface area (Å²) >= 11 is 0. The number of non-ortho nitro benzene ring substituents is 1. The molecule has 0 radical (unpaired) electrons. The van der Waals surface area contributed by atoms with Crippen LogP contribution in [0.25, 0.3) is 10.8 Å². The smallest absolute Gasteiger partial charge is 0.269 e. The Morgan fingerprint density at radius 2 is 1.64 bits per heavy atom. The van der Waals surface area contributed by atoms with Crippen molar-refractivity contribution >= 4 is 22.1 Å². The number of hydrogen-bond donors (Lipinski definition) is 0. The minimum Gasteiger partial charge on any atom is -0.370 e. The van der Waals surface area contributed by atoms with Gasteiger partial charge in [-0.1, -0.05) is 42.5 Å². The van der Waals surface area contributed by atoms with Crippen LogP contribution in [0, 0.1) is 10.1 Å². The molecule has 0 heterocycles. The van der Waals surface area contributed by atoms with Gasteiger partial charge in [-0.05, 0) is 28.5 Å². The van der Waals surface area contributed by atoms with Crippen LogP contribution in [0.3, 0.4) is 0 Å². The molecule has 0 N–H and O–H groups in total. The molecule has 0 aliphatic heterocycles. The summed E-state index contributed by atoms with van der Waals surface area (Å²) in [7, 11) is 2.02. The minimum absolute atomic E-state index is 0.122. The normalized spacial score (nSPS) is 10.6. The van der Waals surface area contributed by atoms with E-state index in [9.17, 15) is 10.1 Å². The van der Waals surface area contributed by atoms with Crippen LogP contribution in [0.4, 0.5) is 11.4 Å². The van der Waals surface area contributed by atoms with Crippen LogP contribution in [0.15, 0.2) is 66.7 Å². The third-order valence-corrected chi connectivity index (χ3v) is 3.74. The Morgan fingerprint density at radius 1 is 0.955 bits per heavy atom. The van der Waals surface area contributed by atoms with Gasteiger partial charge in [-0.25, -0.2) is 0 Å². The van der Waals surface area contributed by atoms with Gasteiger partial charge in [-0.15, -0.1) is 0 Å².